The summed E-state index contributed by atoms with van der Waals surface area (Å²) >= 11 is 0. The van der Waals surface area contributed by atoms with Gasteiger partial charge in [-0.1, -0.05) is 13.8 Å². The Bertz CT molecular complexity index is 198. The van der Waals surface area contributed by atoms with E-state index in [0.717, 1.165) is 6.92 Å². The van der Waals surface area contributed by atoms with E-state index in [1.807, 2.05) is 0 Å². The zero-order chi connectivity index (χ0) is 10.2. The largest absolute Gasteiger partial charge is 0.365 e. The van der Waals surface area contributed by atoms with E-state index in [1.54, 1.807) is 0 Å². The van der Waals surface area contributed by atoms with Crippen LogP contribution in [-0.2, 0) is 4.57 Å². The quantitative estimate of drug-likeness (QED) is 0.374. The van der Waals surface area contributed by atoms with E-state index in [-0.39, 0.29) is 0 Å². The van der Waals surface area contributed by atoms with Crippen LogP contribution in [0.15, 0.2) is 0 Å². The lowest BCUT2D eigenvalue weighted by atomic mass is 9.87. The molecule has 0 heterocycles. The van der Waals surface area contributed by atoms with Gasteiger partial charge in [-0.3, -0.25) is 4.57 Å². The van der Waals surface area contributed by atoms with Gasteiger partial charge in [-0.2, -0.15) is 0 Å². The van der Waals surface area contributed by atoms with E-state index < -0.39 is 25.0 Å². The first-order valence-electron chi connectivity index (χ1n) is 3.45. The molecule has 0 aromatic heterocycles. The van der Waals surface area contributed by atoms with Crippen LogP contribution in [0.25, 0.3) is 0 Å². The molecule has 0 amide bonds. The van der Waals surface area contributed by atoms with Crippen molar-refractivity contribution in [2.45, 2.75) is 26.6 Å². The van der Waals surface area contributed by atoms with Crippen molar-refractivity contribution < 1.29 is 24.6 Å². The smallest absolute Gasteiger partial charge is 0.326 e. The van der Waals surface area contributed by atoms with E-state index in [9.17, 15) is 4.57 Å². The van der Waals surface area contributed by atoms with Crippen LogP contribution < -0.4 is 0 Å². The molecule has 0 radical (unpaired) electrons. The predicted molar refractivity (Wildman–Crippen MR) is 43.5 cm³/mol. The first-order chi connectivity index (χ1) is 4.96. The molecule has 0 aromatic carbocycles. The second kappa shape index (κ2) is 3.09. The summed E-state index contributed by atoms with van der Waals surface area (Å²) < 4.78 is 10.6. The topological polar surface area (TPSA) is 98.0 Å². The van der Waals surface area contributed by atoms with E-state index in [2.05, 4.69) is 0 Å². The average molecular weight is 198 g/mol. The van der Waals surface area contributed by atoms with Gasteiger partial charge < -0.3 is 20.0 Å². The Hall–Kier alpha value is 0.0700. The maximum atomic E-state index is 10.6. The maximum absolute atomic E-state index is 10.6. The van der Waals surface area contributed by atoms with Crippen molar-refractivity contribution in [3.8, 4) is 0 Å². The lowest BCUT2D eigenvalue weighted by Gasteiger charge is -2.35. The summed E-state index contributed by atoms with van der Waals surface area (Å²) in [6.45, 7) is 3.86. The Labute approximate surface area is 71.2 Å². The summed E-state index contributed by atoms with van der Waals surface area (Å²) in [5.41, 5.74) is -1.23. The minimum absolute atomic E-state index is 0.552. The van der Waals surface area contributed by atoms with Gasteiger partial charge in [0.15, 0.2) is 5.79 Å². The molecule has 0 spiro atoms. The predicted octanol–water partition coefficient (Wildman–Crippen LogP) is -0.109. The van der Waals surface area contributed by atoms with Gasteiger partial charge in [0.2, 0.25) is 0 Å². The minimum Gasteiger partial charge on any atom is -0.365 e. The van der Waals surface area contributed by atoms with Crippen LogP contribution in [-0.4, -0.2) is 31.9 Å². The Morgan fingerprint density at radius 3 is 1.58 bits per heavy atom. The molecule has 0 atom stereocenters. The average Bonchev–Trinajstić information content (AvgIpc) is 1.52. The molecule has 0 rings (SSSR count). The molecular weight excluding hydrogens is 183 g/mol. The molecule has 74 valence electrons. The third kappa shape index (κ3) is 3.65. The summed E-state index contributed by atoms with van der Waals surface area (Å²) in [4.78, 5) is 17.2. The van der Waals surface area contributed by atoms with Gasteiger partial charge in [0.05, 0.1) is 6.16 Å². The molecule has 6 heteroatoms. The Morgan fingerprint density at radius 1 is 1.17 bits per heavy atom. The van der Waals surface area contributed by atoms with Crippen LogP contribution in [0, 0.1) is 5.41 Å². The highest BCUT2D eigenvalue weighted by molar-refractivity contribution is 7.51. The second-order valence-corrected chi connectivity index (χ2v) is 5.37. The zero-order valence-corrected chi connectivity index (χ0v) is 8.25. The fourth-order valence-electron chi connectivity index (χ4n) is 0.665. The lowest BCUT2D eigenvalue weighted by Crippen LogP contribution is -2.44. The third-order valence-corrected chi connectivity index (χ3v) is 3.09. The number of hydrogen-bond donors (Lipinski definition) is 4. The molecule has 0 saturated heterocycles. The van der Waals surface area contributed by atoms with Crippen molar-refractivity contribution >= 4 is 7.60 Å². The monoisotopic (exact) mass is 198 g/mol. The number of hydrogen-bond acceptors (Lipinski definition) is 3. The molecule has 5 nitrogen and oxygen atoms in total. The third-order valence-electron chi connectivity index (χ3n) is 1.88. The standard InChI is InChI=1S/C6H15O5P/c1-5(2,6(3,7)8)4-12(9,10)11/h7-8H,4H2,1-3H3,(H2,9,10,11). The number of aliphatic hydroxyl groups is 2. The molecule has 0 fully saturated rings. The highest BCUT2D eigenvalue weighted by atomic mass is 31.2. The molecule has 4 N–H and O–H groups in total. The Balaban J connectivity index is 4.56. The van der Waals surface area contributed by atoms with Crippen molar-refractivity contribution in [3.05, 3.63) is 0 Å². The van der Waals surface area contributed by atoms with Gasteiger partial charge >= 0.3 is 7.60 Å². The van der Waals surface area contributed by atoms with Crippen LogP contribution in [0.2, 0.25) is 0 Å². The van der Waals surface area contributed by atoms with Gasteiger partial charge in [0, 0.05) is 5.41 Å². The van der Waals surface area contributed by atoms with E-state index in [4.69, 9.17) is 20.0 Å². The van der Waals surface area contributed by atoms with E-state index >= 15 is 0 Å². The number of rotatable bonds is 3. The summed E-state index contributed by atoms with van der Waals surface area (Å²) in [6, 6.07) is 0. The van der Waals surface area contributed by atoms with Gasteiger partial charge in [-0.05, 0) is 6.92 Å². The summed E-state index contributed by atoms with van der Waals surface area (Å²) in [6.07, 6.45) is -0.552. The fourth-order valence-corrected chi connectivity index (χ4v) is 1.99. The highest BCUT2D eigenvalue weighted by Crippen LogP contribution is 2.45. The molecular formula is C6H15O5P. The van der Waals surface area contributed by atoms with Crippen LogP contribution in [0.4, 0.5) is 0 Å². The summed E-state index contributed by atoms with van der Waals surface area (Å²) in [5.74, 6) is -2.09. The Kier molecular flexibility index (Phi) is 3.10. The van der Waals surface area contributed by atoms with Crippen molar-refractivity contribution in [3.63, 3.8) is 0 Å². The SMILES string of the molecule is CC(O)(O)C(C)(C)CP(=O)(O)O. The summed E-state index contributed by atoms with van der Waals surface area (Å²) in [5, 5.41) is 18.2. The second-order valence-electron chi connectivity index (χ2n) is 3.73. The van der Waals surface area contributed by atoms with Gasteiger partial charge in [0.1, 0.15) is 0 Å². The van der Waals surface area contributed by atoms with Crippen molar-refractivity contribution in [2.75, 3.05) is 6.16 Å². The molecule has 0 bridgehead atoms. The maximum Gasteiger partial charge on any atom is 0.326 e. The Morgan fingerprint density at radius 2 is 1.50 bits per heavy atom. The minimum atomic E-state index is -4.20. The molecule has 12 heavy (non-hydrogen) atoms. The van der Waals surface area contributed by atoms with E-state index in [1.165, 1.54) is 13.8 Å². The zero-order valence-electron chi connectivity index (χ0n) is 7.35. The van der Waals surface area contributed by atoms with Gasteiger partial charge in [-0.15, -0.1) is 0 Å². The molecule has 0 unspecified atom stereocenters. The lowest BCUT2D eigenvalue weighted by molar-refractivity contribution is -0.212. The highest BCUT2D eigenvalue weighted by Gasteiger charge is 2.42. The van der Waals surface area contributed by atoms with Crippen LogP contribution >= 0.6 is 7.60 Å². The molecule has 0 saturated carbocycles. The fraction of sp³-hybridized carbons (Fsp3) is 1.00. The van der Waals surface area contributed by atoms with Crippen molar-refractivity contribution in [1.29, 1.82) is 0 Å². The van der Waals surface area contributed by atoms with E-state index in [0.29, 0.717) is 0 Å². The first kappa shape index (κ1) is 12.1. The summed E-state index contributed by atoms with van der Waals surface area (Å²) in [7, 11) is -4.20. The van der Waals surface area contributed by atoms with Crippen molar-refractivity contribution in [1.82, 2.24) is 0 Å². The molecule has 0 aliphatic heterocycles. The van der Waals surface area contributed by atoms with Crippen LogP contribution in [0.3, 0.4) is 0 Å². The molecule has 0 aliphatic carbocycles. The molecule has 0 aliphatic rings. The van der Waals surface area contributed by atoms with Crippen LogP contribution in [0.1, 0.15) is 20.8 Å². The van der Waals surface area contributed by atoms with Crippen LogP contribution in [0.5, 0.6) is 0 Å². The van der Waals surface area contributed by atoms with Crippen molar-refractivity contribution in [2.24, 2.45) is 5.41 Å². The van der Waals surface area contributed by atoms with Gasteiger partial charge in [-0.25, -0.2) is 0 Å². The van der Waals surface area contributed by atoms with Gasteiger partial charge in [0.25, 0.3) is 0 Å². The normalized spacial score (nSPS) is 14.9. The first-order valence-corrected chi connectivity index (χ1v) is 5.25. The molecule has 0 aromatic rings.